The van der Waals surface area contributed by atoms with Crippen molar-refractivity contribution in [2.45, 2.75) is 6.92 Å². The molecule has 7 heteroatoms. The van der Waals surface area contributed by atoms with Gasteiger partial charge >= 0.3 is 5.97 Å². The molecule has 1 aliphatic rings. The highest BCUT2D eigenvalue weighted by molar-refractivity contribution is 6.57. The number of carbonyl (C=O) groups excluding carboxylic acids is 2. The standard InChI is InChI=1S/C14H10Cl3NO3/c1-7-3-4-8(5-10(7)15)18-11(19)6-9(14(20)21-2)12(18)13(16)17/h3-6H,1-2H3. The molecule has 0 saturated heterocycles. The van der Waals surface area contributed by atoms with E-state index in [-0.39, 0.29) is 15.8 Å². The monoisotopic (exact) mass is 345 g/mol. The molecule has 0 atom stereocenters. The Hall–Kier alpha value is -1.49. The first-order valence-electron chi connectivity index (χ1n) is 5.82. The van der Waals surface area contributed by atoms with Crippen molar-refractivity contribution in [1.82, 2.24) is 0 Å². The van der Waals surface area contributed by atoms with Gasteiger partial charge in [0.1, 0.15) is 4.49 Å². The maximum absolute atomic E-state index is 12.2. The zero-order valence-electron chi connectivity index (χ0n) is 11.1. The zero-order chi connectivity index (χ0) is 15.7. The van der Waals surface area contributed by atoms with Crippen molar-refractivity contribution >= 4 is 52.4 Å². The molecule has 0 aromatic heterocycles. The fourth-order valence-electron chi connectivity index (χ4n) is 1.92. The number of carbonyl (C=O) groups is 2. The quantitative estimate of drug-likeness (QED) is 0.766. The number of amides is 1. The Labute approximate surface area is 136 Å². The van der Waals surface area contributed by atoms with E-state index in [0.29, 0.717) is 10.7 Å². The van der Waals surface area contributed by atoms with Crippen LogP contribution in [0.4, 0.5) is 5.69 Å². The molecule has 0 saturated carbocycles. The molecule has 4 nitrogen and oxygen atoms in total. The normalized spacial score (nSPS) is 14.3. The Balaban J connectivity index is 2.55. The summed E-state index contributed by atoms with van der Waals surface area (Å²) in [5.74, 6) is -1.15. The largest absolute Gasteiger partial charge is 0.465 e. The molecule has 1 amide bonds. The third kappa shape index (κ3) is 2.93. The van der Waals surface area contributed by atoms with Crippen molar-refractivity contribution in [3.05, 3.63) is 50.6 Å². The SMILES string of the molecule is COC(=O)C1=CC(=O)N(c2ccc(C)c(Cl)c2)C1=C(Cl)Cl. The van der Waals surface area contributed by atoms with Crippen LogP contribution >= 0.6 is 34.8 Å². The van der Waals surface area contributed by atoms with Crippen molar-refractivity contribution in [2.75, 3.05) is 12.0 Å². The maximum Gasteiger partial charge on any atom is 0.340 e. The second kappa shape index (κ2) is 6.10. The number of hydrogen-bond acceptors (Lipinski definition) is 3. The molecule has 0 spiro atoms. The Morgan fingerprint density at radius 1 is 1.29 bits per heavy atom. The van der Waals surface area contributed by atoms with E-state index in [0.717, 1.165) is 11.6 Å². The Morgan fingerprint density at radius 2 is 1.95 bits per heavy atom. The molecule has 1 aromatic rings. The van der Waals surface area contributed by atoms with Crippen LogP contribution in [0.2, 0.25) is 5.02 Å². The predicted molar refractivity (Wildman–Crippen MR) is 82.5 cm³/mol. The van der Waals surface area contributed by atoms with Gasteiger partial charge in [0.05, 0.1) is 24.1 Å². The van der Waals surface area contributed by atoms with Gasteiger partial charge in [-0.3, -0.25) is 9.69 Å². The predicted octanol–water partition coefficient (Wildman–Crippen LogP) is 3.74. The molecule has 0 bridgehead atoms. The van der Waals surface area contributed by atoms with Crippen LogP contribution in [0, 0.1) is 6.92 Å². The average Bonchev–Trinajstić information content (AvgIpc) is 2.78. The van der Waals surface area contributed by atoms with Crippen LogP contribution < -0.4 is 4.90 Å². The molecule has 0 fully saturated rings. The van der Waals surface area contributed by atoms with Gasteiger partial charge in [0.15, 0.2) is 0 Å². The van der Waals surface area contributed by atoms with Crippen molar-refractivity contribution in [1.29, 1.82) is 0 Å². The van der Waals surface area contributed by atoms with Crippen molar-refractivity contribution in [3.8, 4) is 0 Å². The number of aryl methyl sites for hydroxylation is 1. The number of halogens is 3. The molecule has 0 unspecified atom stereocenters. The molecule has 0 N–H and O–H groups in total. The lowest BCUT2D eigenvalue weighted by molar-refractivity contribution is -0.135. The Kier molecular flexibility index (Phi) is 4.61. The van der Waals surface area contributed by atoms with Crippen LogP contribution in [0.25, 0.3) is 0 Å². The third-order valence-electron chi connectivity index (χ3n) is 2.96. The van der Waals surface area contributed by atoms with E-state index in [9.17, 15) is 9.59 Å². The molecule has 0 aliphatic carbocycles. The summed E-state index contributed by atoms with van der Waals surface area (Å²) < 4.78 is 4.41. The van der Waals surface area contributed by atoms with E-state index < -0.39 is 11.9 Å². The fourth-order valence-corrected chi connectivity index (χ4v) is 2.46. The first kappa shape index (κ1) is 15.9. The van der Waals surface area contributed by atoms with Gasteiger partial charge in [-0.25, -0.2) is 4.79 Å². The molecular formula is C14H10Cl3NO3. The number of methoxy groups -OCH3 is 1. The summed E-state index contributed by atoms with van der Waals surface area (Å²) >= 11 is 17.7. The minimum Gasteiger partial charge on any atom is -0.465 e. The molecule has 21 heavy (non-hydrogen) atoms. The fraction of sp³-hybridized carbons (Fsp3) is 0.143. The maximum atomic E-state index is 12.2. The van der Waals surface area contributed by atoms with Gasteiger partial charge < -0.3 is 4.74 Å². The molecule has 1 aromatic carbocycles. The van der Waals surface area contributed by atoms with E-state index in [1.165, 1.54) is 12.0 Å². The van der Waals surface area contributed by atoms with Gasteiger partial charge in [0, 0.05) is 11.1 Å². The molecule has 2 rings (SSSR count). The summed E-state index contributed by atoms with van der Waals surface area (Å²) in [5, 5.41) is 0.483. The van der Waals surface area contributed by atoms with Crippen LogP contribution in [0.15, 0.2) is 40.0 Å². The van der Waals surface area contributed by atoms with E-state index in [2.05, 4.69) is 4.74 Å². The second-order valence-electron chi connectivity index (χ2n) is 4.27. The molecular weight excluding hydrogens is 337 g/mol. The topological polar surface area (TPSA) is 46.6 Å². The van der Waals surface area contributed by atoms with Crippen LogP contribution in [0.1, 0.15) is 5.56 Å². The number of benzene rings is 1. The number of hydrogen-bond donors (Lipinski definition) is 0. The minimum atomic E-state index is -0.696. The zero-order valence-corrected chi connectivity index (χ0v) is 13.4. The van der Waals surface area contributed by atoms with Crippen molar-refractivity contribution in [3.63, 3.8) is 0 Å². The third-order valence-corrected chi connectivity index (χ3v) is 3.73. The number of rotatable bonds is 2. The summed E-state index contributed by atoms with van der Waals surface area (Å²) in [6.45, 7) is 1.83. The molecule has 110 valence electrons. The van der Waals surface area contributed by atoms with Crippen molar-refractivity contribution < 1.29 is 14.3 Å². The van der Waals surface area contributed by atoms with Crippen LogP contribution in [-0.4, -0.2) is 19.0 Å². The number of anilines is 1. The van der Waals surface area contributed by atoms with E-state index in [4.69, 9.17) is 34.8 Å². The lowest BCUT2D eigenvalue weighted by Gasteiger charge is -2.20. The van der Waals surface area contributed by atoms with E-state index in [1.54, 1.807) is 18.2 Å². The summed E-state index contributed by atoms with van der Waals surface area (Å²) in [7, 11) is 1.21. The van der Waals surface area contributed by atoms with Gasteiger partial charge in [0.25, 0.3) is 5.91 Å². The molecule has 1 heterocycles. The number of ether oxygens (including phenoxy) is 1. The van der Waals surface area contributed by atoms with E-state index in [1.807, 2.05) is 6.92 Å². The first-order chi connectivity index (χ1) is 9.86. The Morgan fingerprint density at radius 3 is 2.48 bits per heavy atom. The van der Waals surface area contributed by atoms with E-state index >= 15 is 0 Å². The van der Waals surface area contributed by atoms with Crippen LogP contribution in [-0.2, 0) is 14.3 Å². The lowest BCUT2D eigenvalue weighted by Crippen LogP contribution is -2.25. The van der Waals surface area contributed by atoms with Gasteiger partial charge in [-0.05, 0) is 24.6 Å². The lowest BCUT2D eigenvalue weighted by atomic mass is 10.2. The molecule has 0 radical (unpaired) electrons. The van der Waals surface area contributed by atoms with Gasteiger partial charge in [-0.1, -0.05) is 40.9 Å². The van der Waals surface area contributed by atoms with Crippen molar-refractivity contribution in [2.24, 2.45) is 0 Å². The summed E-state index contributed by atoms with van der Waals surface area (Å²) in [4.78, 5) is 25.1. The number of esters is 1. The van der Waals surface area contributed by atoms with Gasteiger partial charge in [0.2, 0.25) is 0 Å². The highest BCUT2D eigenvalue weighted by Crippen LogP contribution is 2.36. The number of nitrogens with zero attached hydrogens (tertiary/aromatic N) is 1. The smallest absolute Gasteiger partial charge is 0.340 e. The van der Waals surface area contributed by atoms with Gasteiger partial charge in [-0.2, -0.15) is 0 Å². The Bertz CT molecular complexity index is 691. The first-order valence-corrected chi connectivity index (χ1v) is 6.96. The summed E-state index contributed by atoms with van der Waals surface area (Å²) in [6.07, 6.45) is 1.12. The highest BCUT2D eigenvalue weighted by Gasteiger charge is 2.35. The van der Waals surface area contributed by atoms with Crippen LogP contribution in [0.3, 0.4) is 0 Å². The summed E-state index contributed by atoms with van der Waals surface area (Å²) in [6, 6.07) is 5.03. The highest BCUT2D eigenvalue weighted by atomic mass is 35.5. The average molecular weight is 347 g/mol. The minimum absolute atomic E-state index is 0.000743. The molecule has 1 aliphatic heterocycles. The summed E-state index contributed by atoms with van der Waals surface area (Å²) in [5.41, 5.74) is 1.39. The van der Waals surface area contributed by atoms with Gasteiger partial charge in [-0.15, -0.1) is 0 Å². The van der Waals surface area contributed by atoms with Crippen LogP contribution in [0.5, 0.6) is 0 Å². The second-order valence-corrected chi connectivity index (χ2v) is 5.62.